The van der Waals surface area contributed by atoms with Crippen molar-refractivity contribution in [2.75, 3.05) is 32.8 Å². The highest BCUT2D eigenvalue weighted by atomic mass is 16.7. The quantitative estimate of drug-likeness (QED) is 0.358. The van der Waals surface area contributed by atoms with Gasteiger partial charge in [0.05, 0.1) is 17.7 Å². The van der Waals surface area contributed by atoms with Crippen molar-refractivity contribution in [3.8, 4) is 5.75 Å². The number of carbonyl (C=O) groups excluding carboxylic acids is 5. The van der Waals surface area contributed by atoms with Crippen molar-refractivity contribution >= 4 is 29.8 Å². The Balaban J connectivity index is 1.37. The Morgan fingerprint density at radius 2 is 1.33 bits per heavy atom. The standard InChI is InChI=1S/C26H27N3O7/c1-4-35-26(34)36-19-8-5-17(6-9-19)22(30)27-11-13-28(14-12-27)23(31)18-7-10-20-21(15-18)25(33)29(16(2)3)24(20)32/h5-10,15-16H,4,11-14H2,1-3H3. The first-order chi connectivity index (χ1) is 17.2. The molecule has 10 heteroatoms. The second-order valence-corrected chi connectivity index (χ2v) is 8.73. The van der Waals surface area contributed by atoms with Crippen molar-refractivity contribution in [2.45, 2.75) is 26.8 Å². The number of nitrogens with zero attached hydrogens (tertiary/aromatic N) is 3. The summed E-state index contributed by atoms with van der Waals surface area (Å²) in [5, 5.41) is 0. The van der Waals surface area contributed by atoms with E-state index in [2.05, 4.69) is 0 Å². The van der Waals surface area contributed by atoms with Gasteiger partial charge in [0, 0.05) is 43.3 Å². The molecule has 4 amide bonds. The first-order valence-corrected chi connectivity index (χ1v) is 11.8. The van der Waals surface area contributed by atoms with E-state index in [9.17, 15) is 24.0 Å². The molecule has 36 heavy (non-hydrogen) atoms. The fraction of sp³-hybridized carbons (Fsp3) is 0.346. The van der Waals surface area contributed by atoms with Crippen molar-refractivity contribution in [1.29, 1.82) is 0 Å². The molecule has 0 unspecified atom stereocenters. The summed E-state index contributed by atoms with van der Waals surface area (Å²) in [5.74, 6) is -0.925. The van der Waals surface area contributed by atoms with Crippen molar-refractivity contribution in [3.05, 3.63) is 64.7 Å². The van der Waals surface area contributed by atoms with Crippen molar-refractivity contribution < 1.29 is 33.4 Å². The molecule has 1 saturated heterocycles. The topological polar surface area (TPSA) is 114 Å². The van der Waals surface area contributed by atoms with Crippen LogP contribution in [0.25, 0.3) is 0 Å². The summed E-state index contributed by atoms with van der Waals surface area (Å²) in [6.45, 7) is 6.74. The van der Waals surface area contributed by atoms with E-state index in [0.717, 1.165) is 0 Å². The van der Waals surface area contributed by atoms with Gasteiger partial charge in [-0.25, -0.2) is 4.79 Å². The largest absolute Gasteiger partial charge is 0.513 e. The minimum atomic E-state index is -0.811. The lowest BCUT2D eigenvalue weighted by molar-refractivity contribution is 0.0535. The summed E-state index contributed by atoms with van der Waals surface area (Å²) in [6.07, 6.45) is -0.811. The van der Waals surface area contributed by atoms with Gasteiger partial charge < -0.3 is 19.3 Å². The number of hydrogen-bond donors (Lipinski definition) is 0. The van der Waals surface area contributed by atoms with Crippen LogP contribution in [0.4, 0.5) is 4.79 Å². The molecule has 2 aliphatic heterocycles. The Hall–Kier alpha value is -4.21. The second kappa shape index (κ2) is 10.2. The first kappa shape index (κ1) is 24.9. The predicted molar refractivity (Wildman–Crippen MR) is 128 cm³/mol. The van der Waals surface area contributed by atoms with Gasteiger partial charge >= 0.3 is 6.16 Å². The molecule has 0 aliphatic carbocycles. The lowest BCUT2D eigenvalue weighted by atomic mass is 10.0. The monoisotopic (exact) mass is 493 g/mol. The Labute approximate surface area is 208 Å². The van der Waals surface area contributed by atoms with Crippen LogP contribution in [0.5, 0.6) is 5.75 Å². The minimum absolute atomic E-state index is 0.194. The zero-order valence-corrected chi connectivity index (χ0v) is 20.4. The molecule has 2 aromatic carbocycles. The molecule has 0 radical (unpaired) electrons. The zero-order chi connectivity index (χ0) is 26.0. The number of fused-ring (bicyclic) bond motifs is 1. The number of piperazine rings is 1. The highest BCUT2D eigenvalue weighted by Crippen LogP contribution is 2.26. The van der Waals surface area contributed by atoms with Crippen LogP contribution < -0.4 is 4.74 Å². The van der Waals surface area contributed by atoms with Crippen LogP contribution in [0.3, 0.4) is 0 Å². The fourth-order valence-electron chi connectivity index (χ4n) is 4.25. The average molecular weight is 494 g/mol. The molecule has 0 atom stereocenters. The van der Waals surface area contributed by atoms with E-state index >= 15 is 0 Å². The molecule has 4 rings (SSSR count). The van der Waals surface area contributed by atoms with Crippen molar-refractivity contribution in [2.24, 2.45) is 0 Å². The SMILES string of the molecule is CCOC(=O)Oc1ccc(C(=O)N2CCN(C(=O)c3ccc4c(c3)C(=O)N(C(C)C)C4=O)CC2)cc1. The lowest BCUT2D eigenvalue weighted by Crippen LogP contribution is -2.50. The molecule has 0 saturated carbocycles. The van der Waals surface area contributed by atoms with Crippen molar-refractivity contribution in [3.63, 3.8) is 0 Å². The summed E-state index contributed by atoms with van der Waals surface area (Å²) in [7, 11) is 0. The van der Waals surface area contributed by atoms with E-state index in [4.69, 9.17) is 9.47 Å². The van der Waals surface area contributed by atoms with Gasteiger partial charge in [-0.15, -0.1) is 0 Å². The Morgan fingerprint density at radius 3 is 1.89 bits per heavy atom. The molecular weight excluding hydrogens is 466 g/mol. The Morgan fingerprint density at radius 1 is 0.806 bits per heavy atom. The van der Waals surface area contributed by atoms with Crippen LogP contribution in [0, 0.1) is 0 Å². The molecule has 1 fully saturated rings. The third-order valence-corrected chi connectivity index (χ3v) is 6.10. The molecule has 0 bridgehead atoms. The van der Waals surface area contributed by atoms with Crippen LogP contribution in [0.1, 0.15) is 62.2 Å². The van der Waals surface area contributed by atoms with Gasteiger partial charge in [0.25, 0.3) is 23.6 Å². The molecule has 2 heterocycles. The van der Waals surface area contributed by atoms with Crippen LogP contribution in [0.15, 0.2) is 42.5 Å². The van der Waals surface area contributed by atoms with Crippen molar-refractivity contribution in [1.82, 2.24) is 14.7 Å². The van der Waals surface area contributed by atoms with E-state index in [1.807, 2.05) is 0 Å². The molecule has 0 aromatic heterocycles. The van der Waals surface area contributed by atoms with Gasteiger partial charge in [0.2, 0.25) is 0 Å². The molecule has 0 spiro atoms. The maximum absolute atomic E-state index is 13.1. The number of hydrogen-bond acceptors (Lipinski definition) is 7. The van der Waals surface area contributed by atoms with Gasteiger partial charge in [-0.05, 0) is 63.2 Å². The van der Waals surface area contributed by atoms with Gasteiger partial charge in [-0.3, -0.25) is 24.1 Å². The van der Waals surface area contributed by atoms with Crippen LogP contribution in [-0.4, -0.2) is 83.3 Å². The molecule has 188 valence electrons. The maximum Gasteiger partial charge on any atom is 0.513 e. The van der Waals surface area contributed by atoms with Gasteiger partial charge in [-0.1, -0.05) is 0 Å². The number of rotatable bonds is 5. The van der Waals surface area contributed by atoms with Crippen LogP contribution in [-0.2, 0) is 4.74 Å². The number of ether oxygens (including phenoxy) is 2. The summed E-state index contributed by atoms with van der Waals surface area (Å²) in [6, 6.07) is 10.5. The van der Waals surface area contributed by atoms with E-state index in [-0.39, 0.29) is 41.7 Å². The highest BCUT2D eigenvalue weighted by Gasteiger charge is 2.38. The maximum atomic E-state index is 13.1. The van der Waals surface area contributed by atoms with Crippen LogP contribution in [0.2, 0.25) is 0 Å². The molecule has 10 nitrogen and oxygen atoms in total. The smallest absolute Gasteiger partial charge is 0.434 e. The molecule has 2 aliphatic rings. The number of carbonyl (C=O) groups is 5. The minimum Gasteiger partial charge on any atom is -0.434 e. The van der Waals surface area contributed by atoms with E-state index in [1.165, 1.54) is 29.2 Å². The molecule has 2 aromatic rings. The Kier molecular flexibility index (Phi) is 7.05. The van der Waals surface area contributed by atoms with E-state index in [1.54, 1.807) is 48.8 Å². The second-order valence-electron chi connectivity index (χ2n) is 8.73. The summed E-state index contributed by atoms with van der Waals surface area (Å²) in [4.78, 5) is 67.0. The average Bonchev–Trinajstić information content (AvgIpc) is 3.13. The zero-order valence-electron chi connectivity index (χ0n) is 20.4. The lowest BCUT2D eigenvalue weighted by Gasteiger charge is -2.35. The third kappa shape index (κ3) is 4.79. The first-order valence-electron chi connectivity index (χ1n) is 11.8. The van der Waals surface area contributed by atoms with Gasteiger partial charge in [0.1, 0.15) is 5.75 Å². The summed E-state index contributed by atoms with van der Waals surface area (Å²) < 4.78 is 9.73. The van der Waals surface area contributed by atoms with Gasteiger partial charge in [-0.2, -0.15) is 0 Å². The summed E-state index contributed by atoms with van der Waals surface area (Å²) in [5.41, 5.74) is 1.31. The fourth-order valence-corrected chi connectivity index (χ4v) is 4.25. The number of benzene rings is 2. The summed E-state index contributed by atoms with van der Waals surface area (Å²) >= 11 is 0. The van der Waals surface area contributed by atoms with Crippen LogP contribution >= 0.6 is 0 Å². The molecular formula is C26H27N3O7. The van der Waals surface area contributed by atoms with E-state index in [0.29, 0.717) is 42.9 Å². The highest BCUT2D eigenvalue weighted by molar-refractivity contribution is 6.22. The number of amides is 4. The Bertz CT molecular complexity index is 1210. The third-order valence-electron chi connectivity index (χ3n) is 6.10. The predicted octanol–water partition coefficient (Wildman–Crippen LogP) is 2.82. The van der Waals surface area contributed by atoms with Gasteiger partial charge in [0.15, 0.2) is 0 Å². The normalized spacial score (nSPS) is 15.3. The van der Waals surface area contributed by atoms with E-state index < -0.39 is 12.1 Å². The number of imide groups is 1. The molecule has 0 N–H and O–H groups in total.